The van der Waals surface area contributed by atoms with Gasteiger partial charge in [-0.15, -0.1) is 0 Å². The molecule has 2 heterocycles. The van der Waals surface area contributed by atoms with Crippen molar-refractivity contribution in [3.05, 3.63) is 23.9 Å². The first-order valence-corrected chi connectivity index (χ1v) is 6.87. The van der Waals surface area contributed by atoms with Crippen molar-refractivity contribution in [1.29, 1.82) is 0 Å². The molecule has 0 atom stereocenters. The van der Waals surface area contributed by atoms with Gasteiger partial charge in [-0.2, -0.15) is 0 Å². The Labute approximate surface area is 119 Å². The normalized spacial score (nSPS) is 18.4. The Morgan fingerprint density at radius 3 is 2.45 bits per heavy atom. The molecule has 6 heteroatoms. The number of hydrogen-bond donors (Lipinski definition) is 2. The van der Waals surface area contributed by atoms with Crippen LogP contribution in [0.4, 0.5) is 5.82 Å². The molecule has 0 amide bonds. The summed E-state index contributed by atoms with van der Waals surface area (Å²) >= 11 is 0. The van der Waals surface area contributed by atoms with Crippen LogP contribution < -0.4 is 10.6 Å². The molecule has 6 nitrogen and oxygen atoms in total. The van der Waals surface area contributed by atoms with E-state index in [1.807, 2.05) is 12.1 Å². The molecule has 0 saturated carbocycles. The SMILES string of the molecule is CC(C)(C)N1CCN(c2cccc(C(N)=NO)n2)CC1. The summed E-state index contributed by atoms with van der Waals surface area (Å²) in [5, 5.41) is 11.7. The van der Waals surface area contributed by atoms with Gasteiger partial charge < -0.3 is 15.8 Å². The highest BCUT2D eigenvalue weighted by molar-refractivity contribution is 5.95. The lowest BCUT2D eigenvalue weighted by atomic mass is 10.1. The highest BCUT2D eigenvalue weighted by Gasteiger charge is 2.26. The average Bonchev–Trinajstić information content (AvgIpc) is 2.46. The monoisotopic (exact) mass is 277 g/mol. The minimum Gasteiger partial charge on any atom is -0.409 e. The molecule has 0 aromatic carbocycles. The largest absolute Gasteiger partial charge is 0.409 e. The number of aromatic nitrogens is 1. The molecule has 0 unspecified atom stereocenters. The maximum Gasteiger partial charge on any atom is 0.188 e. The van der Waals surface area contributed by atoms with Gasteiger partial charge in [-0.25, -0.2) is 4.98 Å². The van der Waals surface area contributed by atoms with E-state index < -0.39 is 0 Å². The number of piperazine rings is 1. The second-order valence-electron chi connectivity index (χ2n) is 6.01. The van der Waals surface area contributed by atoms with Crippen LogP contribution in [0.3, 0.4) is 0 Å². The number of hydrogen-bond acceptors (Lipinski definition) is 5. The molecule has 1 aliphatic rings. The molecular formula is C14H23N5O. The molecule has 2 rings (SSSR count). The zero-order valence-electron chi connectivity index (χ0n) is 12.4. The van der Waals surface area contributed by atoms with E-state index in [1.54, 1.807) is 6.07 Å². The molecule has 0 spiro atoms. The zero-order valence-corrected chi connectivity index (χ0v) is 12.4. The average molecular weight is 277 g/mol. The Balaban J connectivity index is 2.08. The van der Waals surface area contributed by atoms with Crippen LogP contribution in [0.25, 0.3) is 0 Å². The third-order valence-corrected chi connectivity index (χ3v) is 3.66. The number of oxime groups is 1. The number of pyridine rings is 1. The first-order valence-electron chi connectivity index (χ1n) is 6.87. The third kappa shape index (κ3) is 3.19. The van der Waals surface area contributed by atoms with Crippen LogP contribution in [0.15, 0.2) is 23.4 Å². The van der Waals surface area contributed by atoms with Crippen molar-refractivity contribution < 1.29 is 5.21 Å². The van der Waals surface area contributed by atoms with E-state index in [0.29, 0.717) is 5.69 Å². The van der Waals surface area contributed by atoms with Gasteiger partial charge in [0.05, 0.1) is 0 Å². The molecule has 0 bridgehead atoms. The Kier molecular flexibility index (Phi) is 4.13. The summed E-state index contributed by atoms with van der Waals surface area (Å²) in [5.41, 5.74) is 6.29. The van der Waals surface area contributed by atoms with Gasteiger partial charge in [0.15, 0.2) is 5.84 Å². The Morgan fingerprint density at radius 1 is 1.25 bits per heavy atom. The highest BCUT2D eigenvalue weighted by atomic mass is 16.4. The molecule has 3 N–H and O–H groups in total. The minimum absolute atomic E-state index is 0.0418. The summed E-state index contributed by atoms with van der Waals surface area (Å²) in [5.74, 6) is 0.919. The van der Waals surface area contributed by atoms with Crippen LogP contribution in [-0.2, 0) is 0 Å². The van der Waals surface area contributed by atoms with E-state index in [9.17, 15) is 0 Å². The Bertz CT molecular complexity index is 487. The highest BCUT2D eigenvalue weighted by Crippen LogP contribution is 2.19. The molecule has 110 valence electrons. The second kappa shape index (κ2) is 5.66. The quantitative estimate of drug-likeness (QED) is 0.366. The summed E-state index contributed by atoms with van der Waals surface area (Å²) in [6.45, 7) is 10.6. The van der Waals surface area contributed by atoms with Crippen LogP contribution in [0.5, 0.6) is 0 Å². The van der Waals surface area contributed by atoms with Crippen molar-refractivity contribution in [3.8, 4) is 0 Å². The summed E-state index contributed by atoms with van der Waals surface area (Å²) in [7, 11) is 0. The summed E-state index contributed by atoms with van der Waals surface area (Å²) in [6, 6.07) is 5.58. The Hall–Kier alpha value is -1.82. The molecule has 0 aliphatic carbocycles. The minimum atomic E-state index is 0.0418. The van der Waals surface area contributed by atoms with Crippen molar-refractivity contribution in [2.75, 3.05) is 31.1 Å². The van der Waals surface area contributed by atoms with Crippen molar-refractivity contribution >= 4 is 11.7 Å². The predicted octanol–water partition coefficient (Wildman–Crippen LogP) is 1.10. The number of nitrogens with zero attached hydrogens (tertiary/aromatic N) is 4. The van der Waals surface area contributed by atoms with Gasteiger partial charge in [-0.3, -0.25) is 4.90 Å². The number of nitrogens with two attached hydrogens (primary N) is 1. The van der Waals surface area contributed by atoms with Gasteiger partial charge in [-0.05, 0) is 32.9 Å². The second-order valence-corrected chi connectivity index (χ2v) is 6.01. The van der Waals surface area contributed by atoms with E-state index >= 15 is 0 Å². The molecule has 1 aromatic heterocycles. The maximum atomic E-state index is 8.72. The van der Waals surface area contributed by atoms with Crippen LogP contribution in [-0.4, -0.2) is 52.6 Å². The lowest BCUT2D eigenvalue weighted by Gasteiger charge is -2.42. The molecular weight excluding hydrogens is 254 g/mol. The Morgan fingerprint density at radius 2 is 1.90 bits per heavy atom. The van der Waals surface area contributed by atoms with Crippen LogP contribution in [0.2, 0.25) is 0 Å². The zero-order chi connectivity index (χ0) is 14.8. The molecule has 1 aliphatic heterocycles. The van der Waals surface area contributed by atoms with Crippen molar-refractivity contribution in [2.24, 2.45) is 10.9 Å². The molecule has 1 aromatic rings. The van der Waals surface area contributed by atoms with Crippen LogP contribution in [0.1, 0.15) is 26.5 Å². The standard InChI is InChI=1S/C14H23N5O/c1-14(2,3)19-9-7-18(8-10-19)12-6-4-5-11(16-12)13(15)17-20/h4-6,20H,7-10H2,1-3H3,(H2,15,17). The predicted molar refractivity (Wildman–Crippen MR) is 80.3 cm³/mol. The first-order chi connectivity index (χ1) is 9.41. The van der Waals surface area contributed by atoms with Gasteiger partial charge >= 0.3 is 0 Å². The van der Waals surface area contributed by atoms with Crippen molar-refractivity contribution in [1.82, 2.24) is 9.88 Å². The van der Waals surface area contributed by atoms with Crippen LogP contribution in [0, 0.1) is 0 Å². The molecule has 1 fully saturated rings. The number of rotatable bonds is 2. The van der Waals surface area contributed by atoms with E-state index in [2.05, 4.69) is 40.7 Å². The van der Waals surface area contributed by atoms with Gasteiger partial charge in [0.2, 0.25) is 0 Å². The van der Waals surface area contributed by atoms with E-state index in [-0.39, 0.29) is 11.4 Å². The smallest absolute Gasteiger partial charge is 0.188 e. The van der Waals surface area contributed by atoms with Crippen molar-refractivity contribution in [2.45, 2.75) is 26.3 Å². The van der Waals surface area contributed by atoms with E-state index in [0.717, 1.165) is 32.0 Å². The van der Waals surface area contributed by atoms with E-state index in [1.165, 1.54) is 0 Å². The molecule has 20 heavy (non-hydrogen) atoms. The van der Waals surface area contributed by atoms with Crippen LogP contribution >= 0.6 is 0 Å². The summed E-state index contributed by atoms with van der Waals surface area (Å²) in [4.78, 5) is 9.15. The first kappa shape index (κ1) is 14.6. The molecule has 0 radical (unpaired) electrons. The number of amidine groups is 1. The topological polar surface area (TPSA) is 78.0 Å². The van der Waals surface area contributed by atoms with Gasteiger partial charge in [-0.1, -0.05) is 11.2 Å². The number of anilines is 1. The fourth-order valence-electron chi connectivity index (χ4n) is 2.40. The van der Waals surface area contributed by atoms with E-state index in [4.69, 9.17) is 10.9 Å². The third-order valence-electron chi connectivity index (χ3n) is 3.66. The lowest BCUT2D eigenvalue weighted by Crippen LogP contribution is -2.53. The fourth-order valence-corrected chi connectivity index (χ4v) is 2.40. The van der Waals surface area contributed by atoms with Gasteiger partial charge in [0, 0.05) is 31.7 Å². The lowest BCUT2D eigenvalue weighted by molar-refractivity contribution is 0.128. The fraction of sp³-hybridized carbons (Fsp3) is 0.571. The summed E-state index contributed by atoms with van der Waals surface area (Å²) in [6.07, 6.45) is 0. The maximum absolute atomic E-state index is 8.72. The van der Waals surface area contributed by atoms with Crippen molar-refractivity contribution in [3.63, 3.8) is 0 Å². The van der Waals surface area contributed by atoms with Gasteiger partial charge in [0.1, 0.15) is 11.5 Å². The summed E-state index contributed by atoms with van der Waals surface area (Å²) < 4.78 is 0. The molecule has 1 saturated heterocycles. The van der Waals surface area contributed by atoms with Gasteiger partial charge in [0.25, 0.3) is 0 Å².